The molecule has 3 nitrogen and oxygen atoms in total. The number of phenolic OH excluding ortho intramolecular Hbond substituents is 1. The summed E-state index contributed by atoms with van der Waals surface area (Å²) in [4.78, 5) is 11.0. The van der Waals surface area contributed by atoms with Gasteiger partial charge in [-0.15, -0.1) is 0 Å². The summed E-state index contributed by atoms with van der Waals surface area (Å²) in [6.07, 6.45) is 1.59. The molecule has 0 aromatic heterocycles. The maximum absolute atomic E-state index is 11.0. The first kappa shape index (κ1) is 12.3. The van der Waals surface area contributed by atoms with Crippen LogP contribution in [0.25, 0.3) is 0 Å². The summed E-state index contributed by atoms with van der Waals surface area (Å²) in [5, 5.41) is 9.08. The number of aromatic hydroxyl groups is 1. The highest BCUT2D eigenvalue weighted by molar-refractivity contribution is 5.86. The molecule has 0 bridgehead atoms. The standard InChI is InChI=1S/C13H16O3/c1-10(2)13(15)16-9-3-4-11-5-7-12(14)8-6-11/h5-8,14H,1,3-4,9H2,2H3. The summed E-state index contributed by atoms with van der Waals surface area (Å²) < 4.78 is 4.96. The van der Waals surface area contributed by atoms with Gasteiger partial charge in [-0.25, -0.2) is 4.79 Å². The molecule has 3 heteroatoms. The summed E-state index contributed by atoms with van der Waals surface area (Å²) in [7, 11) is 0. The molecule has 0 aliphatic carbocycles. The number of benzene rings is 1. The van der Waals surface area contributed by atoms with Crippen LogP contribution >= 0.6 is 0 Å². The van der Waals surface area contributed by atoms with Gasteiger partial charge in [0, 0.05) is 5.57 Å². The second-order valence-electron chi connectivity index (χ2n) is 3.69. The molecule has 16 heavy (non-hydrogen) atoms. The molecule has 0 aliphatic heterocycles. The third kappa shape index (κ3) is 4.17. The fraction of sp³-hybridized carbons (Fsp3) is 0.308. The van der Waals surface area contributed by atoms with Crippen LogP contribution in [0, 0.1) is 0 Å². The fourth-order valence-electron chi connectivity index (χ4n) is 1.23. The lowest BCUT2D eigenvalue weighted by Gasteiger charge is -2.04. The number of phenols is 1. The Bertz CT molecular complexity index is 365. The highest BCUT2D eigenvalue weighted by Gasteiger charge is 2.02. The highest BCUT2D eigenvalue weighted by atomic mass is 16.5. The van der Waals surface area contributed by atoms with Crippen molar-refractivity contribution in [2.45, 2.75) is 19.8 Å². The molecule has 1 rings (SSSR count). The lowest BCUT2D eigenvalue weighted by molar-refractivity contribution is -0.139. The number of aryl methyl sites for hydroxylation is 1. The maximum Gasteiger partial charge on any atom is 0.333 e. The van der Waals surface area contributed by atoms with Crippen LogP contribution in [0.2, 0.25) is 0 Å². The molecule has 0 saturated carbocycles. The van der Waals surface area contributed by atoms with E-state index in [9.17, 15) is 4.79 Å². The first-order chi connectivity index (χ1) is 7.59. The van der Waals surface area contributed by atoms with Gasteiger partial charge in [-0.3, -0.25) is 0 Å². The van der Waals surface area contributed by atoms with Crippen LogP contribution in [0.5, 0.6) is 5.75 Å². The second-order valence-corrected chi connectivity index (χ2v) is 3.69. The topological polar surface area (TPSA) is 46.5 Å². The number of esters is 1. The Hall–Kier alpha value is -1.77. The molecule has 0 fully saturated rings. The Morgan fingerprint density at radius 2 is 2.00 bits per heavy atom. The third-order valence-electron chi connectivity index (χ3n) is 2.13. The van der Waals surface area contributed by atoms with E-state index in [1.54, 1.807) is 19.1 Å². The van der Waals surface area contributed by atoms with Crippen molar-refractivity contribution in [1.29, 1.82) is 0 Å². The SMILES string of the molecule is C=C(C)C(=O)OCCCc1ccc(O)cc1. The average molecular weight is 220 g/mol. The van der Waals surface area contributed by atoms with Crippen molar-refractivity contribution in [3.63, 3.8) is 0 Å². The smallest absolute Gasteiger partial charge is 0.333 e. The van der Waals surface area contributed by atoms with E-state index in [2.05, 4.69) is 6.58 Å². The Kier molecular flexibility index (Phi) is 4.58. The van der Waals surface area contributed by atoms with Gasteiger partial charge >= 0.3 is 5.97 Å². The van der Waals surface area contributed by atoms with Gasteiger partial charge in [0.1, 0.15) is 5.75 Å². The van der Waals surface area contributed by atoms with E-state index in [0.717, 1.165) is 18.4 Å². The zero-order chi connectivity index (χ0) is 12.0. The van der Waals surface area contributed by atoms with Gasteiger partial charge in [-0.2, -0.15) is 0 Å². The van der Waals surface area contributed by atoms with E-state index in [0.29, 0.717) is 12.2 Å². The van der Waals surface area contributed by atoms with Crippen LogP contribution in [-0.4, -0.2) is 17.7 Å². The van der Waals surface area contributed by atoms with Crippen LogP contribution in [0.15, 0.2) is 36.4 Å². The van der Waals surface area contributed by atoms with Crippen molar-refractivity contribution >= 4 is 5.97 Å². The van der Waals surface area contributed by atoms with Crippen LogP contribution in [0.4, 0.5) is 0 Å². The normalized spacial score (nSPS) is 9.81. The molecule has 1 N–H and O–H groups in total. The second kappa shape index (κ2) is 5.95. The monoisotopic (exact) mass is 220 g/mol. The molecule has 0 spiro atoms. The first-order valence-corrected chi connectivity index (χ1v) is 5.20. The van der Waals surface area contributed by atoms with E-state index >= 15 is 0 Å². The quantitative estimate of drug-likeness (QED) is 0.471. The molecule has 1 aromatic rings. The number of hydrogen-bond donors (Lipinski definition) is 1. The molecule has 1 aromatic carbocycles. The number of rotatable bonds is 5. The average Bonchev–Trinajstić information content (AvgIpc) is 2.26. The van der Waals surface area contributed by atoms with Gasteiger partial charge in [0.05, 0.1) is 6.61 Å². The minimum Gasteiger partial charge on any atom is -0.508 e. The molecular formula is C13H16O3. The number of ether oxygens (including phenoxy) is 1. The van der Waals surface area contributed by atoms with Gasteiger partial charge in [-0.05, 0) is 37.5 Å². The summed E-state index contributed by atoms with van der Waals surface area (Å²) in [5.74, 6) is -0.0804. The van der Waals surface area contributed by atoms with E-state index in [4.69, 9.17) is 9.84 Å². The Morgan fingerprint density at radius 1 is 1.38 bits per heavy atom. The van der Waals surface area contributed by atoms with Gasteiger partial charge in [0.15, 0.2) is 0 Å². The summed E-state index contributed by atoms with van der Waals surface area (Å²) in [6.45, 7) is 5.52. The van der Waals surface area contributed by atoms with Crippen LogP contribution in [0.3, 0.4) is 0 Å². The molecule has 0 heterocycles. The number of hydrogen-bond acceptors (Lipinski definition) is 3. The minimum atomic E-state index is -0.342. The lowest BCUT2D eigenvalue weighted by atomic mass is 10.1. The minimum absolute atomic E-state index is 0.262. The molecule has 0 amide bonds. The van der Waals surface area contributed by atoms with Gasteiger partial charge < -0.3 is 9.84 Å². The van der Waals surface area contributed by atoms with Gasteiger partial charge in [-0.1, -0.05) is 18.7 Å². The van der Waals surface area contributed by atoms with E-state index in [1.165, 1.54) is 0 Å². The van der Waals surface area contributed by atoms with E-state index < -0.39 is 0 Å². The third-order valence-corrected chi connectivity index (χ3v) is 2.13. The summed E-state index contributed by atoms with van der Waals surface area (Å²) in [6, 6.07) is 7.01. The zero-order valence-electron chi connectivity index (χ0n) is 9.40. The Labute approximate surface area is 95.4 Å². The lowest BCUT2D eigenvalue weighted by Crippen LogP contribution is -2.06. The molecule has 86 valence electrons. The van der Waals surface area contributed by atoms with Crippen LogP contribution < -0.4 is 0 Å². The van der Waals surface area contributed by atoms with E-state index in [1.807, 2.05) is 12.1 Å². The molecule has 0 saturated heterocycles. The fourth-order valence-corrected chi connectivity index (χ4v) is 1.23. The predicted octanol–water partition coefficient (Wildman–Crippen LogP) is 2.44. The first-order valence-electron chi connectivity index (χ1n) is 5.20. The maximum atomic E-state index is 11.0. The van der Waals surface area contributed by atoms with Crippen molar-refractivity contribution in [3.05, 3.63) is 42.0 Å². The van der Waals surface area contributed by atoms with E-state index in [-0.39, 0.29) is 11.7 Å². The van der Waals surface area contributed by atoms with Crippen molar-refractivity contribution in [2.24, 2.45) is 0 Å². The Balaban J connectivity index is 2.23. The van der Waals surface area contributed by atoms with Gasteiger partial charge in [0.25, 0.3) is 0 Å². The predicted molar refractivity (Wildman–Crippen MR) is 62.2 cm³/mol. The molecular weight excluding hydrogens is 204 g/mol. The molecule has 0 unspecified atom stereocenters. The summed E-state index contributed by atoms with van der Waals surface area (Å²) >= 11 is 0. The molecule has 0 aliphatic rings. The largest absolute Gasteiger partial charge is 0.508 e. The van der Waals surface area contributed by atoms with Crippen molar-refractivity contribution < 1.29 is 14.6 Å². The van der Waals surface area contributed by atoms with Crippen molar-refractivity contribution in [1.82, 2.24) is 0 Å². The van der Waals surface area contributed by atoms with Gasteiger partial charge in [0.2, 0.25) is 0 Å². The number of carbonyl (C=O) groups is 1. The number of carbonyl (C=O) groups excluding carboxylic acids is 1. The molecule has 0 radical (unpaired) electrons. The van der Waals surface area contributed by atoms with Crippen molar-refractivity contribution in [2.75, 3.05) is 6.61 Å². The van der Waals surface area contributed by atoms with Crippen molar-refractivity contribution in [3.8, 4) is 5.75 Å². The zero-order valence-corrected chi connectivity index (χ0v) is 9.40. The van der Waals surface area contributed by atoms with Crippen LogP contribution in [0.1, 0.15) is 18.9 Å². The molecule has 0 atom stereocenters. The van der Waals surface area contributed by atoms with Crippen LogP contribution in [-0.2, 0) is 16.0 Å². The summed E-state index contributed by atoms with van der Waals surface area (Å²) in [5.41, 5.74) is 1.54. The Morgan fingerprint density at radius 3 is 2.56 bits per heavy atom. The highest BCUT2D eigenvalue weighted by Crippen LogP contribution is 2.11.